The van der Waals surface area contributed by atoms with Crippen LogP contribution >= 0.6 is 34.2 Å². The first kappa shape index (κ1) is 18.9. The van der Waals surface area contributed by atoms with Gasteiger partial charge in [0.2, 0.25) is 5.28 Å². The van der Waals surface area contributed by atoms with Crippen molar-refractivity contribution in [1.82, 2.24) is 14.6 Å². The molecular weight excluding hydrogens is 467 g/mol. The van der Waals surface area contributed by atoms with E-state index in [0.717, 1.165) is 9.13 Å². The van der Waals surface area contributed by atoms with Gasteiger partial charge in [-0.15, -0.1) is 5.10 Å². The molecule has 0 bridgehead atoms. The molecule has 2 heterocycles. The maximum atomic E-state index is 12.9. The number of halogens is 2. The molecule has 26 heavy (non-hydrogen) atoms. The fraction of sp³-hybridized carbons (Fsp3) is 0.278. The van der Waals surface area contributed by atoms with Crippen LogP contribution in [0.25, 0.3) is 5.52 Å². The first-order chi connectivity index (χ1) is 12.2. The van der Waals surface area contributed by atoms with Gasteiger partial charge in [0, 0.05) is 9.77 Å². The summed E-state index contributed by atoms with van der Waals surface area (Å²) in [5, 5.41) is 4.22. The van der Waals surface area contributed by atoms with E-state index in [4.69, 9.17) is 16.3 Å². The molecule has 8 heteroatoms. The van der Waals surface area contributed by atoms with Gasteiger partial charge >= 0.3 is 6.09 Å². The number of amides is 1. The summed E-state index contributed by atoms with van der Waals surface area (Å²) in [5.74, 6) is 0.408. The first-order valence-electron chi connectivity index (χ1n) is 7.99. The zero-order valence-corrected chi connectivity index (χ0v) is 17.5. The second-order valence-corrected chi connectivity index (χ2v) is 8.33. The van der Waals surface area contributed by atoms with Gasteiger partial charge in [-0.3, -0.25) is 4.90 Å². The standard InChI is InChI=1S/C18H18ClIN4O2/c1-18(2,3)26-17(25)23(10-12-7-5-4-6-8-12)15-14-9-13(20)11-24(14)22-16(19)21-15/h4-9,11H,10H2,1-3H3. The van der Waals surface area contributed by atoms with E-state index in [-0.39, 0.29) is 5.28 Å². The van der Waals surface area contributed by atoms with Crippen LogP contribution in [0.4, 0.5) is 10.6 Å². The smallest absolute Gasteiger partial charge is 0.416 e. The number of carbonyl (C=O) groups is 1. The molecule has 0 fully saturated rings. The van der Waals surface area contributed by atoms with Crippen molar-refractivity contribution in [1.29, 1.82) is 0 Å². The summed E-state index contributed by atoms with van der Waals surface area (Å²) < 4.78 is 8.18. The molecule has 0 aliphatic rings. The number of nitrogens with zero attached hydrogens (tertiary/aromatic N) is 4. The Labute approximate surface area is 170 Å². The Bertz CT molecular complexity index is 938. The average molecular weight is 485 g/mol. The van der Waals surface area contributed by atoms with Crippen LogP contribution in [-0.4, -0.2) is 26.3 Å². The van der Waals surface area contributed by atoms with E-state index in [1.807, 2.05) is 63.4 Å². The number of hydrogen-bond acceptors (Lipinski definition) is 4. The van der Waals surface area contributed by atoms with Gasteiger partial charge < -0.3 is 4.74 Å². The minimum atomic E-state index is -0.629. The normalized spacial score (nSPS) is 11.6. The molecule has 6 nitrogen and oxygen atoms in total. The molecule has 0 saturated heterocycles. The van der Waals surface area contributed by atoms with E-state index in [2.05, 4.69) is 32.7 Å². The second kappa shape index (κ2) is 7.40. The van der Waals surface area contributed by atoms with Crippen molar-refractivity contribution in [2.75, 3.05) is 4.90 Å². The topological polar surface area (TPSA) is 59.7 Å². The van der Waals surface area contributed by atoms with Crippen molar-refractivity contribution in [3.63, 3.8) is 0 Å². The Hall–Kier alpha value is -1.87. The quantitative estimate of drug-likeness (QED) is 0.495. The Morgan fingerprint density at radius 3 is 2.65 bits per heavy atom. The number of rotatable bonds is 3. The number of ether oxygens (including phenoxy) is 1. The third kappa shape index (κ3) is 4.45. The molecule has 0 aliphatic carbocycles. The minimum absolute atomic E-state index is 0.0566. The van der Waals surface area contributed by atoms with Crippen molar-refractivity contribution < 1.29 is 9.53 Å². The van der Waals surface area contributed by atoms with E-state index >= 15 is 0 Å². The van der Waals surface area contributed by atoms with Crippen molar-refractivity contribution in [3.05, 3.63) is 57.0 Å². The van der Waals surface area contributed by atoms with E-state index in [9.17, 15) is 4.79 Å². The third-order valence-corrected chi connectivity index (χ3v) is 4.19. The largest absolute Gasteiger partial charge is 0.443 e. The molecule has 136 valence electrons. The van der Waals surface area contributed by atoms with E-state index in [1.165, 1.54) is 4.90 Å². The van der Waals surface area contributed by atoms with Gasteiger partial charge in [-0.05, 0) is 66.6 Å². The van der Waals surface area contributed by atoms with Crippen LogP contribution in [0.3, 0.4) is 0 Å². The van der Waals surface area contributed by atoms with Crippen LogP contribution in [0, 0.1) is 3.57 Å². The van der Waals surface area contributed by atoms with Crippen molar-refractivity contribution in [2.45, 2.75) is 32.9 Å². The molecule has 0 aliphatic heterocycles. The Morgan fingerprint density at radius 2 is 2.00 bits per heavy atom. The maximum absolute atomic E-state index is 12.9. The summed E-state index contributed by atoms with van der Waals surface area (Å²) in [6.07, 6.45) is 1.33. The zero-order valence-electron chi connectivity index (χ0n) is 14.6. The second-order valence-electron chi connectivity index (χ2n) is 6.74. The van der Waals surface area contributed by atoms with Gasteiger partial charge in [-0.2, -0.15) is 4.98 Å². The highest BCUT2D eigenvalue weighted by molar-refractivity contribution is 14.1. The Kier molecular flexibility index (Phi) is 5.38. The monoisotopic (exact) mass is 484 g/mol. The molecule has 0 spiro atoms. The summed E-state index contributed by atoms with van der Waals surface area (Å²) in [6, 6.07) is 11.6. The molecule has 3 aromatic rings. The number of carbonyl (C=O) groups excluding carboxylic acids is 1. The van der Waals surface area contributed by atoms with Crippen LogP contribution in [0.1, 0.15) is 26.3 Å². The van der Waals surface area contributed by atoms with Crippen LogP contribution in [-0.2, 0) is 11.3 Å². The van der Waals surface area contributed by atoms with Gasteiger partial charge in [0.15, 0.2) is 5.82 Å². The maximum Gasteiger partial charge on any atom is 0.416 e. The van der Waals surface area contributed by atoms with Crippen molar-refractivity contribution >= 4 is 51.6 Å². The average Bonchev–Trinajstić information content (AvgIpc) is 2.91. The lowest BCUT2D eigenvalue weighted by molar-refractivity contribution is 0.0576. The highest BCUT2D eigenvalue weighted by Crippen LogP contribution is 2.26. The predicted molar refractivity (Wildman–Crippen MR) is 110 cm³/mol. The van der Waals surface area contributed by atoms with E-state index in [1.54, 1.807) is 4.52 Å². The van der Waals surface area contributed by atoms with Crippen LogP contribution in [0.5, 0.6) is 0 Å². The number of hydrogen-bond donors (Lipinski definition) is 0. The van der Waals surface area contributed by atoms with Crippen LogP contribution in [0.15, 0.2) is 42.6 Å². The summed E-state index contributed by atoms with van der Waals surface area (Å²) in [5.41, 5.74) is 1.00. The Balaban J connectivity index is 2.09. The summed E-state index contributed by atoms with van der Waals surface area (Å²) in [7, 11) is 0. The lowest BCUT2D eigenvalue weighted by Crippen LogP contribution is -2.37. The fourth-order valence-electron chi connectivity index (χ4n) is 2.43. The van der Waals surface area contributed by atoms with Gasteiger partial charge in [0.05, 0.1) is 6.54 Å². The van der Waals surface area contributed by atoms with E-state index in [0.29, 0.717) is 17.9 Å². The molecule has 0 N–H and O–H groups in total. The SMILES string of the molecule is CC(C)(C)OC(=O)N(Cc1ccccc1)c1nc(Cl)nn2cc(I)cc12. The van der Waals surface area contributed by atoms with Crippen LogP contribution < -0.4 is 4.90 Å². The molecule has 3 rings (SSSR count). The molecule has 1 amide bonds. The predicted octanol–water partition coefficient (Wildman–Crippen LogP) is 4.93. The minimum Gasteiger partial charge on any atom is -0.443 e. The van der Waals surface area contributed by atoms with Gasteiger partial charge in [-0.25, -0.2) is 9.31 Å². The number of aromatic nitrogens is 3. The fourth-order valence-corrected chi connectivity index (χ4v) is 3.15. The van der Waals surface area contributed by atoms with Crippen LogP contribution in [0.2, 0.25) is 5.28 Å². The molecule has 0 atom stereocenters. The highest BCUT2D eigenvalue weighted by Gasteiger charge is 2.27. The number of fused-ring (bicyclic) bond motifs is 1. The van der Waals surface area contributed by atoms with E-state index < -0.39 is 11.7 Å². The molecule has 0 saturated carbocycles. The van der Waals surface area contributed by atoms with Crippen molar-refractivity contribution in [3.8, 4) is 0 Å². The number of anilines is 1. The molecule has 1 aromatic carbocycles. The van der Waals surface area contributed by atoms with Crippen molar-refractivity contribution in [2.24, 2.45) is 0 Å². The van der Waals surface area contributed by atoms with Gasteiger partial charge in [0.1, 0.15) is 11.1 Å². The van der Waals surface area contributed by atoms with Gasteiger partial charge in [0.25, 0.3) is 0 Å². The first-order valence-corrected chi connectivity index (χ1v) is 9.44. The molecule has 0 radical (unpaired) electrons. The lowest BCUT2D eigenvalue weighted by atomic mass is 10.2. The number of benzene rings is 1. The summed E-state index contributed by atoms with van der Waals surface area (Å²) >= 11 is 8.28. The Morgan fingerprint density at radius 1 is 1.31 bits per heavy atom. The summed E-state index contributed by atoms with van der Waals surface area (Å²) in [6.45, 7) is 5.79. The third-order valence-electron chi connectivity index (χ3n) is 3.44. The van der Waals surface area contributed by atoms with Gasteiger partial charge in [-0.1, -0.05) is 30.3 Å². The molecular formula is C18H18ClIN4O2. The highest BCUT2D eigenvalue weighted by atomic mass is 127. The lowest BCUT2D eigenvalue weighted by Gasteiger charge is -2.27. The molecule has 2 aromatic heterocycles. The zero-order chi connectivity index (χ0) is 18.9. The molecule has 0 unspecified atom stereocenters. The summed E-state index contributed by atoms with van der Waals surface area (Å²) in [4.78, 5) is 18.7.